The lowest BCUT2D eigenvalue weighted by Gasteiger charge is -2.22. The number of rotatable bonds is 2. The molecule has 3 rings (SSSR count). The van der Waals surface area contributed by atoms with Crippen molar-refractivity contribution in [2.24, 2.45) is 5.73 Å². The molecule has 4 nitrogen and oxygen atoms in total. The summed E-state index contributed by atoms with van der Waals surface area (Å²) in [5, 5.41) is 3.88. The Morgan fingerprint density at radius 1 is 1.19 bits per heavy atom. The molecule has 1 aliphatic carbocycles. The Bertz CT molecular complexity index is 654. The molecular weight excluding hydrogens is 344 g/mol. The lowest BCUT2D eigenvalue weighted by molar-refractivity contribution is 0.301. The summed E-state index contributed by atoms with van der Waals surface area (Å²) in [6.07, 6.45) is 3.66. The van der Waals surface area contributed by atoms with Gasteiger partial charge in [0, 0.05) is 17.5 Å². The molecule has 0 unspecified atom stereocenters. The number of nitrogens with two attached hydrogens (primary N) is 1. The maximum Gasteiger partial charge on any atom is 0.230 e. The first-order chi connectivity index (χ1) is 10.1. The molecule has 1 aromatic carbocycles. The van der Waals surface area contributed by atoms with E-state index in [1.54, 1.807) is 0 Å². The van der Waals surface area contributed by atoms with Gasteiger partial charge in [-0.25, -0.2) is 8.78 Å². The van der Waals surface area contributed by atoms with Gasteiger partial charge in [-0.15, -0.1) is 0 Å². The average Bonchev–Trinajstić information content (AvgIpc) is 2.95. The summed E-state index contributed by atoms with van der Waals surface area (Å²) >= 11 is 3.03. The second-order valence-electron chi connectivity index (χ2n) is 5.29. The Morgan fingerprint density at radius 2 is 1.90 bits per heavy atom. The topological polar surface area (TPSA) is 64.9 Å². The van der Waals surface area contributed by atoms with Gasteiger partial charge in [0.2, 0.25) is 11.7 Å². The fraction of sp³-hybridized carbons (Fsp3) is 0.429. The highest BCUT2D eigenvalue weighted by atomic mass is 79.9. The lowest BCUT2D eigenvalue weighted by atomic mass is 9.86. The Morgan fingerprint density at radius 3 is 2.62 bits per heavy atom. The first-order valence-electron chi connectivity index (χ1n) is 6.79. The number of hydrogen-bond donors (Lipinski definition) is 1. The van der Waals surface area contributed by atoms with Crippen molar-refractivity contribution in [3.8, 4) is 11.4 Å². The first kappa shape index (κ1) is 14.6. The van der Waals surface area contributed by atoms with E-state index in [9.17, 15) is 8.78 Å². The summed E-state index contributed by atoms with van der Waals surface area (Å²) in [7, 11) is 0. The van der Waals surface area contributed by atoms with E-state index in [0.717, 1.165) is 31.7 Å². The van der Waals surface area contributed by atoms with Gasteiger partial charge in [-0.05, 0) is 53.7 Å². The van der Waals surface area contributed by atoms with Crippen LogP contribution in [0.4, 0.5) is 8.78 Å². The quantitative estimate of drug-likeness (QED) is 0.831. The van der Waals surface area contributed by atoms with Crippen LogP contribution in [0.25, 0.3) is 11.4 Å². The van der Waals surface area contributed by atoms with Crippen molar-refractivity contribution in [2.45, 2.75) is 37.6 Å². The van der Waals surface area contributed by atoms with Crippen LogP contribution in [0.15, 0.2) is 21.1 Å². The minimum absolute atomic E-state index is 0.000478. The van der Waals surface area contributed by atoms with Crippen LogP contribution in [0.3, 0.4) is 0 Å². The van der Waals surface area contributed by atoms with Crippen molar-refractivity contribution >= 4 is 15.9 Å². The normalized spacial score (nSPS) is 22.5. The summed E-state index contributed by atoms with van der Waals surface area (Å²) in [6, 6.07) is 2.71. The third-order valence-corrected chi connectivity index (χ3v) is 4.61. The minimum atomic E-state index is -0.956. The molecule has 1 heterocycles. The number of aromatic nitrogens is 2. The molecule has 0 amide bonds. The average molecular weight is 358 g/mol. The third-order valence-electron chi connectivity index (χ3n) is 3.84. The van der Waals surface area contributed by atoms with E-state index in [1.165, 1.54) is 6.07 Å². The summed E-state index contributed by atoms with van der Waals surface area (Å²) in [5.74, 6) is -0.896. The molecule has 1 aromatic heterocycles. The molecule has 112 valence electrons. The van der Waals surface area contributed by atoms with E-state index in [-0.39, 0.29) is 22.3 Å². The number of halogens is 3. The standard InChI is InChI=1S/C14H14BrF2N3O/c15-11-9(5-6-10(16)12(11)17)13-19-14(21-20-13)7-1-3-8(18)4-2-7/h5-8H,1-4,18H2. The van der Waals surface area contributed by atoms with E-state index in [2.05, 4.69) is 26.1 Å². The summed E-state index contributed by atoms with van der Waals surface area (Å²) in [4.78, 5) is 4.32. The first-order valence-corrected chi connectivity index (χ1v) is 7.58. The predicted molar refractivity (Wildman–Crippen MR) is 76.5 cm³/mol. The molecule has 21 heavy (non-hydrogen) atoms. The van der Waals surface area contributed by atoms with Crippen molar-refractivity contribution < 1.29 is 13.3 Å². The van der Waals surface area contributed by atoms with Crippen LogP contribution in [0.1, 0.15) is 37.5 Å². The third kappa shape index (κ3) is 2.85. The zero-order valence-electron chi connectivity index (χ0n) is 11.2. The zero-order valence-corrected chi connectivity index (χ0v) is 12.7. The van der Waals surface area contributed by atoms with Gasteiger partial charge in [-0.1, -0.05) is 5.16 Å². The lowest BCUT2D eigenvalue weighted by Crippen LogP contribution is -2.25. The summed E-state index contributed by atoms with van der Waals surface area (Å²) < 4.78 is 32.0. The molecule has 2 aromatic rings. The van der Waals surface area contributed by atoms with Crippen molar-refractivity contribution in [1.29, 1.82) is 0 Å². The van der Waals surface area contributed by atoms with Crippen LogP contribution in [0.2, 0.25) is 0 Å². The highest BCUT2D eigenvalue weighted by Gasteiger charge is 2.26. The molecule has 1 aliphatic rings. The van der Waals surface area contributed by atoms with Gasteiger partial charge in [0.15, 0.2) is 11.6 Å². The van der Waals surface area contributed by atoms with E-state index in [0.29, 0.717) is 11.5 Å². The molecule has 0 bridgehead atoms. The Hall–Kier alpha value is -1.34. The van der Waals surface area contributed by atoms with Gasteiger partial charge in [0.1, 0.15) is 0 Å². The monoisotopic (exact) mass is 357 g/mol. The van der Waals surface area contributed by atoms with E-state index in [1.807, 2.05) is 0 Å². The maximum absolute atomic E-state index is 13.6. The maximum atomic E-state index is 13.6. The van der Waals surface area contributed by atoms with Gasteiger partial charge in [0.05, 0.1) is 4.47 Å². The van der Waals surface area contributed by atoms with Gasteiger partial charge in [-0.2, -0.15) is 4.98 Å². The molecule has 0 saturated heterocycles. The molecular formula is C14H14BrF2N3O. The number of benzene rings is 1. The van der Waals surface area contributed by atoms with Crippen LogP contribution in [-0.2, 0) is 0 Å². The predicted octanol–water partition coefficient (Wildman–Crippen LogP) is 3.76. The second-order valence-corrected chi connectivity index (χ2v) is 6.08. The summed E-state index contributed by atoms with van der Waals surface area (Å²) in [5.41, 5.74) is 6.24. The number of hydrogen-bond acceptors (Lipinski definition) is 4. The molecule has 1 fully saturated rings. The molecule has 2 N–H and O–H groups in total. The van der Waals surface area contributed by atoms with E-state index in [4.69, 9.17) is 10.3 Å². The molecule has 0 aliphatic heterocycles. The Labute approximate surface area is 128 Å². The summed E-state index contributed by atoms with van der Waals surface area (Å²) in [6.45, 7) is 0. The van der Waals surface area contributed by atoms with Crippen LogP contribution >= 0.6 is 15.9 Å². The Kier molecular flexibility index (Phi) is 4.03. The van der Waals surface area contributed by atoms with Crippen LogP contribution in [0.5, 0.6) is 0 Å². The molecule has 0 radical (unpaired) electrons. The van der Waals surface area contributed by atoms with Crippen LogP contribution in [-0.4, -0.2) is 16.2 Å². The number of nitrogens with zero attached hydrogens (tertiary/aromatic N) is 2. The molecule has 7 heteroatoms. The largest absolute Gasteiger partial charge is 0.339 e. The second kappa shape index (κ2) is 5.81. The highest BCUT2D eigenvalue weighted by Crippen LogP contribution is 2.34. The van der Waals surface area contributed by atoms with Crippen molar-refractivity contribution in [3.63, 3.8) is 0 Å². The van der Waals surface area contributed by atoms with Gasteiger partial charge in [0.25, 0.3) is 0 Å². The van der Waals surface area contributed by atoms with Crippen molar-refractivity contribution in [3.05, 3.63) is 34.1 Å². The zero-order chi connectivity index (χ0) is 15.0. The molecule has 1 saturated carbocycles. The van der Waals surface area contributed by atoms with Crippen LogP contribution < -0.4 is 5.73 Å². The van der Waals surface area contributed by atoms with Gasteiger partial charge >= 0.3 is 0 Å². The fourth-order valence-electron chi connectivity index (χ4n) is 2.58. The van der Waals surface area contributed by atoms with Crippen molar-refractivity contribution in [1.82, 2.24) is 10.1 Å². The Balaban J connectivity index is 1.87. The van der Waals surface area contributed by atoms with Gasteiger partial charge < -0.3 is 10.3 Å². The van der Waals surface area contributed by atoms with E-state index < -0.39 is 11.6 Å². The SMILES string of the molecule is NC1CCC(c2nc(-c3ccc(F)c(F)c3Br)no2)CC1. The molecule has 0 atom stereocenters. The highest BCUT2D eigenvalue weighted by molar-refractivity contribution is 9.10. The fourth-order valence-corrected chi connectivity index (χ4v) is 3.07. The minimum Gasteiger partial charge on any atom is -0.339 e. The van der Waals surface area contributed by atoms with E-state index >= 15 is 0 Å². The van der Waals surface area contributed by atoms with Gasteiger partial charge in [-0.3, -0.25) is 0 Å². The molecule has 0 spiro atoms. The van der Waals surface area contributed by atoms with Crippen LogP contribution in [0, 0.1) is 11.6 Å². The van der Waals surface area contributed by atoms with Crippen molar-refractivity contribution in [2.75, 3.05) is 0 Å². The smallest absolute Gasteiger partial charge is 0.230 e.